The molecule has 0 aromatic carbocycles. The molecule has 1 N–H and O–H groups in total. The van der Waals surface area contributed by atoms with Crippen LogP contribution in [0.4, 0.5) is 0 Å². The zero-order valence-electron chi connectivity index (χ0n) is 9.53. The van der Waals surface area contributed by atoms with Crippen molar-refractivity contribution >= 4 is 17.3 Å². The first-order chi connectivity index (χ1) is 7.18. The maximum absolute atomic E-state index is 5.76. The van der Waals surface area contributed by atoms with Gasteiger partial charge in [0.25, 0.3) is 0 Å². The smallest absolute Gasteiger partial charge is 0.169 e. The summed E-state index contributed by atoms with van der Waals surface area (Å²) < 4.78 is 5.76. The first-order valence-electron chi connectivity index (χ1n) is 5.87. The van der Waals surface area contributed by atoms with Crippen LogP contribution < -0.4 is 5.32 Å². The van der Waals surface area contributed by atoms with E-state index in [0.717, 1.165) is 18.3 Å². The number of fused-ring (bicyclic) bond motifs is 1. The molecular weight excluding hydrogens is 208 g/mol. The Morgan fingerprint density at radius 2 is 2.27 bits per heavy atom. The van der Waals surface area contributed by atoms with E-state index in [0.29, 0.717) is 18.2 Å². The molecule has 1 aliphatic carbocycles. The van der Waals surface area contributed by atoms with Gasteiger partial charge >= 0.3 is 0 Å². The van der Waals surface area contributed by atoms with Gasteiger partial charge in [-0.2, -0.15) is 0 Å². The molecule has 0 aromatic rings. The molecule has 1 saturated heterocycles. The third-order valence-electron chi connectivity index (χ3n) is 3.16. The number of nitrogens with zero attached hydrogens (tertiary/aromatic N) is 1. The van der Waals surface area contributed by atoms with Crippen LogP contribution in [0.1, 0.15) is 33.1 Å². The topological polar surface area (TPSA) is 24.5 Å². The summed E-state index contributed by atoms with van der Waals surface area (Å²) in [7, 11) is 0. The lowest BCUT2D eigenvalue weighted by molar-refractivity contribution is -0.0296. The summed E-state index contributed by atoms with van der Waals surface area (Å²) in [5.74, 6) is 0. The average Bonchev–Trinajstić information content (AvgIpc) is 2.63. The number of morpholine rings is 1. The predicted octanol–water partition coefficient (Wildman–Crippen LogP) is 1.52. The van der Waals surface area contributed by atoms with Gasteiger partial charge in [0.15, 0.2) is 5.11 Å². The van der Waals surface area contributed by atoms with E-state index in [4.69, 9.17) is 17.0 Å². The van der Waals surface area contributed by atoms with Crippen LogP contribution in [0.3, 0.4) is 0 Å². The largest absolute Gasteiger partial charge is 0.374 e. The van der Waals surface area contributed by atoms with Crippen LogP contribution in [0.25, 0.3) is 0 Å². The maximum Gasteiger partial charge on any atom is 0.169 e. The van der Waals surface area contributed by atoms with Gasteiger partial charge in [-0.25, -0.2) is 0 Å². The van der Waals surface area contributed by atoms with Crippen molar-refractivity contribution in [3.63, 3.8) is 0 Å². The van der Waals surface area contributed by atoms with E-state index in [9.17, 15) is 0 Å². The SMILES string of the molecule is CC(C)NC(=S)N1CCOC2CCCC21. The minimum absolute atomic E-state index is 0.417. The van der Waals surface area contributed by atoms with Crippen molar-refractivity contribution in [2.45, 2.75) is 51.3 Å². The Labute approximate surface area is 97.2 Å². The first-order valence-corrected chi connectivity index (χ1v) is 6.28. The number of ether oxygens (including phenoxy) is 1. The lowest BCUT2D eigenvalue weighted by Gasteiger charge is -2.39. The molecule has 2 rings (SSSR count). The Balaban J connectivity index is 1.98. The highest BCUT2D eigenvalue weighted by Gasteiger charge is 2.37. The number of nitrogens with one attached hydrogen (secondary N) is 1. The lowest BCUT2D eigenvalue weighted by atomic mass is 10.1. The van der Waals surface area contributed by atoms with Crippen molar-refractivity contribution in [3.05, 3.63) is 0 Å². The van der Waals surface area contributed by atoms with Crippen LogP contribution in [0.2, 0.25) is 0 Å². The number of hydrogen-bond acceptors (Lipinski definition) is 2. The van der Waals surface area contributed by atoms with Crippen LogP contribution in [0, 0.1) is 0 Å². The second kappa shape index (κ2) is 4.66. The van der Waals surface area contributed by atoms with E-state index in [1.54, 1.807) is 0 Å². The Kier molecular flexibility index (Phi) is 3.46. The van der Waals surface area contributed by atoms with Crippen LogP contribution in [-0.4, -0.2) is 41.4 Å². The summed E-state index contributed by atoms with van der Waals surface area (Å²) in [5, 5.41) is 4.23. The third kappa shape index (κ3) is 2.42. The van der Waals surface area contributed by atoms with Gasteiger partial charge in [-0.1, -0.05) is 0 Å². The van der Waals surface area contributed by atoms with E-state index in [1.165, 1.54) is 19.3 Å². The van der Waals surface area contributed by atoms with Crippen LogP contribution in [-0.2, 0) is 4.74 Å². The highest BCUT2D eigenvalue weighted by Crippen LogP contribution is 2.29. The summed E-state index contributed by atoms with van der Waals surface area (Å²) in [6.07, 6.45) is 4.12. The molecule has 0 radical (unpaired) electrons. The quantitative estimate of drug-likeness (QED) is 0.688. The highest BCUT2D eigenvalue weighted by atomic mass is 32.1. The first kappa shape index (κ1) is 11.1. The van der Waals surface area contributed by atoms with Crippen LogP contribution in [0.15, 0.2) is 0 Å². The molecule has 0 bridgehead atoms. The van der Waals surface area contributed by atoms with Gasteiger partial charge in [0.2, 0.25) is 0 Å². The number of hydrogen-bond donors (Lipinski definition) is 1. The molecule has 2 unspecified atom stereocenters. The van der Waals surface area contributed by atoms with Crippen molar-refractivity contribution in [1.82, 2.24) is 10.2 Å². The Morgan fingerprint density at radius 1 is 1.47 bits per heavy atom. The van der Waals surface area contributed by atoms with Crippen molar-refractivity contribution in [1.29, 1.82) is 0 Å². The van der Waals surface area contributed by atoms with Gasteiger partial charge in [-0.05, 0) is 45.3 Å². The number of thiocarbonyl (C=S) groups is 1. The van der Waals surface area contributed by atoms with Crippen molar-refractivity contribution < 1.29 is 4.74 Å². The van der Waals surface area contributed by atoms with Crippen molar-refractivity contribution in [3.8, 4) is 0 Å². The predicted molar refractivity (Wildman–Crippen MR) is 65.0 cm³/mol. The number of rotatable bonds is 1. The Morgan fingerprint density at radius 3 is 3.00 bits per heavy atom. The van der Waals surface area contributed by atoms with Gasteiger partial charge in [-0.3, -0.25) is 0 Å². The second-order valence-electron chi connectivity index (χ2n) is 4.71. The van der Waals surface area contributed by atoms with Gasteiger partial charge in [0.05, 0.1) is 18.8 Å². The fourth-order valence-electron chi connectivity index (χ4n) is 2.51. The van der Waals surface area contributed by atoms with E-state index >= 15 is 0 Å². The molecule has 1 saturated carbocycles. The molecule has 2 aliphatic rings. The van der Waals surface area contributed by atoms with Gasteiger partial charge in [0, 0.05) is 12.6 Å². The fraction of sp³-hybridized carbons (Fsp3) is 0.909. The molecule has 2 atom stereocenters. The second-order valence-corrected chi connectivity index (χ2v) is 5.09. The van der Waals surface area contributed by atoms with Gasteiger partial charge < -0.3 is 15.0 Å². The minimum Gasteiger partial charge on any atom is -0.374 e. The summed E-state index contributed by atoms with van der Waals surface area (Å²) >= 11 is 5.43. The van der Waals surface area contributed by atoms with Crippen molar-refractivity contribution in [2.75, 3.05) is 13.2 Å². The fourth-order valence-corrected chi connectivity index (χ4v) is 2.97. The van der Waals surface area contributed by atoms with Gasteiger partial charge in [-0.15, -0.1) is 0 Å². The lowest BCUT2D eigenvalue weighted by Crippen LogP contribution is -2.55. The molecule has 4 heteroatoms. The summed E-state index contributed by atoms with van der Waals surface area (Å²) in [6.45, 7) is 6.01. The molecule has 15 heavy (non-hydrogen) atoms. The molecule has 0 spiro atoms. The Hall–Kier alpha value is -0.350. The molecule has 1 aliphatic heterocycles. The summed E-state index contributed by atoms with van der Waals surface area (Å²) in [4.78, 5) is 2.33. The molecule has 86 valence electrons. The summed E-state index contributed by atoms with van der Waals surface area (Å²) in [6, 6.07) is 0.942. The zero-order chi connectivity index (χ0) is 10.8. The highest BCUT2D eigenvalue weighted by molar-refractivity contribution is 7.80. The van der Waals surface area contributed by atoms with E-state index in [2.05, 4.69) is 24.1 Å². The Bertz CT molecular complexity index is 245. The molecule has 0 aromatic heterocycles. The standard InChI is InChI=1S/C11H20N2OS/c1-8(2)12-11(15)13-6-7-14-10-5-3-4-9(10)13/h8-10H,3-7H2,1-2H3,(H,12,15). The van der Waals surface area contributed by atoms with Crippen LogP contribution in [0.5, 0.6) is 0 Å². The monoisotopic (exact) mass is 228 g/mol. The molecule has 1 heterocycles. The average molecular weight is 228 g/mol. The minimum atomic E-state index is 0.417. The normalized spacial score (nSPS) is 30.5. The molecule has 2 fully saturated rings. The third-order valence-corrected chi connectivity index (χ3v) is 3.51. The van der Waals surface area contributed by atoms with Crippen LogP contribution >= 0.6 is 12.2 Å². The van der Waals surface area contributed by atoms with Gasteiger partial charge in [0.1, 0.15) is 0 Å². The zero-order valence-corrected chi connectivity index (χ0v) is 10.3. The maximum atomic E-state index is 5.76. The van der Waals surface area contributed by atoms with E-state index in [-0.39, 0.29) is 0 Å². The molecule has 0 amide bonds. The van der Waals surface area contributed by atoms with E-state index < -0.39 is 0 Å². The van der Waals surface area contributed by atoms with E-state index in [1.807, 2.05) is 0 Å². The molecule has 3 nitrogen and oxygen atoms in total. The summed E-state index contributed by atoms with van der Waals surface area (Å²) in [5.41, 5.74) is 0. The van der Waals surface area contributed by atoms with Crippen molar-refractivity contribution in [2.24, 2.45) is 0 Å². The molecular formula is C11H20N2OS.